The summed E-state index contributed by atoms with van der Waals surface area (Å²) in [5, 5.41) is 3.33. The molecule has 4 heteroatoms. The van der Waals surface area contributed by atoms with Gasteiger partial charge in [0.15, 0.2) is 0 Å². The van der Waals surface area contributed by atoms with Gasteiger partial charge in [-0.05, 0) is 37.6 Å². The number of rotatable bonds is 1. The maximum atomic E-state index is 12.3. The third-order valence-electron chi connectivity index (χ3n) is 4.29. The number of likely N-dealkylation sites (tertiary alicyclic amines) is 1. The molecule has 2 saturated heterocycles. The third kappa shape index (κ3) is 3.59. The average Bonchev–Trinajstić information content (AvgIpc) is 2.33. The molecule has 3 nitrogen and oxygen atoms in total. The normalized spacial score (nSPS) is 34.0. The average molecular weight is 261 g/mol. The minimum absolute atomic E-state index is 0. The fourth-order valence-electron chi connectivity index (χ4n) is 2.78. The molecule has 2 fully saturated rings. The molecule has 2 heterocycles. The van der Waals surface area contributed by atoms with Gasteiger partial charge in [-0.25, -0.2) is 0 Å². The van der Waals surface area contributed by atoms with Crippen LogP contribution in [-0.4, -0.2) is 37.0 Å². The molecule has 0 radical (unpaired) electrons. The molecule has 1 amide bonds. The summed E-state index contributed by atoms with van der Waals surface area (Å²) in [6.07, 6.45) is 3.40. The Morgan fingerprint density at radius 2 is 2.00 bits per heavy atom. The second-order valence-electron chi connectivity index (χ2n) is 5.57. The molecule has 3 atom stereocenters. The van der Waals surface area contributed by atoms with Crippen molar-refractivity contribution < 1.29 is 4.79 Å². The number of nitrogens with zero attached hydrogens (tertiary/aromatic N) is 1. The van der Waals surface area contributed by atoms with Gasteiger partial charge in [0, 0.05) is 19.6 Å². The molecule has 0 aromatic rings. The number of halogens is 1. The van der Waals surface area contributed by atoms with Crippen LogP contribution in [0.1, 0.15) is 33.1 Å². The van der Waals surface area contributed by atoms with E-state index < -0.39 is 0 Å². The van der Waals surface area contributed by atoms with Crippen LogP contribution in [0, 0.1) is 17.8 Å². The van der Waals surface area contributed by atoms with Crippen molar-refractivity contribution in [3.63, 3.8) is 0 Å². The summed E-state index contributed by atoms with van der Waals surface area (Å²) in [5.41, 5.74) is 0. The smallest absolute Gasteiger partial charge is 0.226 e. The van der Waals surface area contributed by atoms with Crippen LogP contribution in [0.4, 0.5) is 0 Å². The highest BCUT2D eigenvalue weighted by Crippen LogP contribution is 2.24. The van der Waals surface area contributed by atoms with Gasteiger partial charge >= 0.3 is 0 Å². The summed E-state index contributed by atoms with van der Waals surface area (Å²) in [7, 11) is 0. The van der Waals surface area contributed by atoms with Gasteiger partial charge in [0.1, 0.15) is 0 Å². The minimum Gasteiger partial charge on any atom is -0.342 e. The van der Waals surface area contributed by atoms with E-state index in [1.54, 1.807) is 0 Å². The van der Waals surface area contributed by atoms with Crippen molar-refractivity contribution in [1.82, 2.24) is 10.2 Å². The first-order valence-corrected chi connectivity index (χ1v) is 6.68. The zero-order chi connectivity index (χ0) is 11.5. The Kier molecular flexibility index (Phi) is 5.74. The lowest BCUT2D eigenvalue weighted by molar-refractivity contribution is -0.138. The summed E-state index contributed by atoms with van der Waals surface area (Å²) < 4.78 is 0. The van der Waals surface area contributed by atoms with Crippen molar-refractivity contribution in [2.75, 3.05) is 26.2 Å². The van der Waals surface area contributed by atoms with Crippen LogP contribution in [0.3, 0.4) is 0 Å². The van der Waals surface area contributed by atoms with Crippen molar-refractivity contribution >= 4 is 18.3 Å². The van der Waals surface area contributed by atoms with E-state index in [1.165, 1.54) is 6.42 Å². The molecule has 17 heavy (non-hydrogen) atoms. The highest BCUT2D eigenvalue weighted by molar-refractivity contribution is 5.85. The highest BCUT2D eigenvalue weighted by Gasteiger charge is 2.30. The van der Waals surface area contributed by atoms with Gasteiger partial charge in [-0.3, -0.25) is 4.79 Å². The predicted octanol–water partition coefficient (Wildman–Crippen LogP) is 1.91. The molecule has 2 rings (SSSR count). The molecular formula is C13H25ClN2O. The first kappa shape index (κ1) is 14.8. The van der Waals surface area contributed by atoms with Gasteiger partial charge in [-0.1, -0.05) is 13.8 Å². The molecule has 1 N–H and O–H groups in total. The number of hydrogen-bond acceptors (Lipinski definition) is 2. The van der Waals surface area contributed by atoms with Gasteiger partial charge < -0.3 is 10.2 Å². The Labute approximate surface area is 111 Å². The van der Waals surface area contributed by atoms with Crippen LogP contribution in [0.5, 0.6) is 0 Å². The molecule has 0 bridgehead atoms. The number of hydrogen-bond donors (Lipinski definition) is 1. The summed E-state index contributed by atoms with van der Waals surface area (Å²) in [4.78, 5) is 14.4. The van der Waals surface area contributed by atoms with Gasteiger partial charge in [0.05, 0.1) is 5.92 Å². The van der Waals surface area contributed by atoms with Crippen LogP contribution >= 0.6 is 12.4 Å². The molecule has 2 unspecified atom stereocenters. The van der Waals surface area contributed by atoms with E-state index in [1.807, 2.05) is 0 Å². The van der Waals surface area contributed by atoms with E-state index in [-0.39, 0.29) is 18.3 Å². The monoisotopic (exact) mass is 260 g/mol. The molecule has 0 saturated carbocycles. The number of amides is 1. The van der Waals surface area contributed by atoms with Crippen LogP contribution in [0.2, 0.25) is 0 Å². The van der Waals surface area contributed by atoms with E-state index in [4.69, 9.17) is 0 Å². The molecule has 0 aromatic heterocycles. The molecule has 2 aliphatic rings. The summed E-state index contributed by atoms with van der Waals surface area (Å²) in [6, 6.07) is 0. The van der Waals surface area contributed by atoms with E-state index in [2.05, 4.69) is 24.1 Å². The van der Waals surface area contributed by atoms with Gasteiger partial charge in [0.2, 0.25) is 5.91 Å². The highest BCUT2D eigenvalue weighted by atomic mass is 35.5. The summed E-state index contributed by atoms with van der Waals surface area (Å²) in [5.74, 6) is 2.07. The first-order chi connectivity index (χ1) is 7.68. The predicted molar refractivity (Wildman–Crippen MR) is 72.4 cm³/mol. The van der Waals surface area contributed by atoms with Crippen LogP contribution in [0.15, 0.2) is 0 Å². The Bertz CT molecular complexity index is 254. The SMILES string of the molecule is CC1CCN(C(=O)[C@@H]2CCCNC2)CC1C.Cl. The van der Waals surface area contributed by atoms with Crippen molar-refractivity contribution in [3.05, 3.63) is 0 Å². The molecule has 100 valence electrons. The number of carbonyl (C=O) groups is 1. The quantitative estimate of drug-likeness (QED) is 0.781. The topological polar surface area (TPSA) is 32.3 Å². The fraction of sp³-hybridized carbons (Fsp3) is 0.923. The van der Waals surface area contributed by atoms with Gasteiger partial charge in [-0.15, -0.1) is 12.4 Å². The standard InChI is InChI=1S/C13H24N2O.ClH/c1-10-5-7-15(9-11(10)2)13(16)12-4-3-6-14-8-12;/h10-12,14H,3-9H2,1-2H3;1H/t10?,11?,12-;/m1./s1. The molecule has 0 spiro atoms. The Hall–Kier alpha value is -0.280. The Morgan fingerprint density at radius 3 is 2.59 bits per heavy atom. The lowest BCUT2D eigenvalue weighted by atomic mass is 9.87. The van der Waals surface area contributed by atoms with Crippen LogP contribution in [-0.2, 0) is 4.79 Å². The lowest BCUT2D eigenvalue weighted by Gasteiger charge is -2.37. The van der Waals surface area contributed by atoms with Gasteiger partial charge in [0.25, 0.3) is 0 Å². The van der Waals surface area contributed by atoms with Crippen molar-refractivity contribution in [3.8, 4) is 0 Å². The fourth-order valence-corrected chi connectivity index (χ4v) is 2.78. The Balaban J connectivity index is 0.00000144. The van der Waals surface area contributed by atoms with E-state index in [0.717, 1.165) is 44.9 Å². The summed E-state index contributed by atoms with van der Waals surface area (Å²) >= 11 is 0. The van der Waals surface area contributed by atoms with Crippen molar-refractivity contribution in [1.29, 1.82) is 0 Å². The maximum absolute atomic E-state index is 12.3. The molecular weight excluding hydrogens is 236 g/mol. The molecule has 0 aliphatic carbocycles. The lowest BCUT2D eigenvalue weighted by Crippen LogP contribution is -2.48. The first-order valence-electron chi connectivity index (χ1n) is 6.68. The van der Waals surface area contributed by atoms with E-state index in [0.29, 0.717) is 11.8 Å². The number of piperidine rings is 2. The van der Waals surface area contributed by atoms with Gasteiger partial charge in [-0.2, -0.15) is 0 Å². The second kappa shape index (κ2) is 6.60. The number of nitrogens with one attached hydrogen (secondary N) is 1. The second-order valence-corrected chi connectivity index (χ2v) is 5.57. The Morgan fingerprint density at radius 1 is 1.24 bits per heavy atom. The van der Waals surface area contributed by atoms with E-state index >= 15 is 0 Å². The van der Waals surface area contributed by atoms with Crippen molar-refractivity contribution in [2.24, 2.45) is 17.8 Å². The third-order valence-corrected chi connectivity index (χ3v) is 4.29. The van der Waals surface area contributed by atoms with Crippen molar-refractivity contribution in [2.45, 2.75) is 33.1 Å². The largest absolute Gasteiger partial charge is 0.342 e. The van der Waals surface area contributed by atoms with E-state index in [9.17, 15) is 4.79 Å². The maximum Gasteiger partial charge on any atom is 0.226 e. The molecule has 2 aliphatic heterocycles. The van der Waals surface area contributed by atoms with Crippen LogP contribution in [0.25, 0.3) is 0 Å². The molecule has 0 aromatic carbocycles. The zero-order valence-corrected chi connectivity index (χ0v) is 11.8. The minimum atomic E-state index is 0. The summed E-state index contributed by atoms with van der Waals surface area (Å²) in [6.45, 7) is 8.48. The zero-order valence-electron chi connectivity index (χ0n) is 10.9. The van der Waals surface area contributed by atoms with Crippen LogP contribution < -0.4 is 5.32 Å². The number of carbonyl (C=O) groups excluding carboxylic acids is 1.